The lowest BCUT2D eigenvalue weighted by Gasteiger charge is -2.37. The minimum atomic E-state index is -3.83. The summed E-state index contributed by atoms with van der Waals surface area (Å²) in [6.45, 7) is 4.57. The van der Waals surface area contributed by atoms with E-state index in [0.717, 1.165) is 28.7 Å². The molecule has 0 spiro atoms. The second-order valence-electron chi connectivity index (χ2n) is 12.4. The van der Waals surface area contributed by atoms with Crippen LogP contribution in [0, 0.1) is 13.8 Å². The van der Waals surface area contributed by atoms with Crippen LogP contribution in [-0.2, 0) is 34.5 Å². The molecular formula is C39H42N2O7S. The van der Waals surface area contributed by atoms with E-state index >= 15 is 0 Å². The highest BCUT2D eigenvalue weighted by Crippen LogP contribution is 2.37. The molecule has 1 aliphatic heterocycles. The van der Waals surface area contributed by atoms with Crippen molar-refractivity contribution in [2.75, 3.05) is 12.3 Å². The van der Waals surface area contributed by atoms with Gasteiger partial charge in [0, 0.05) is 12.8 Å². The van der Waals surface area contributed by atoms with E-state index in [4.69, 9.17) is 9.57 Å². The lowest BCUT2D eigenvalue weighted by Crippen LogP contribution is -2.45. The first-order chi connectivity index (χ1) is 23.6. The van der Waals surface area contributed by atoms with Crippen LogP contribution in [0.3, 0.4) is 0 Å². The second-order valence-corrected chi connectivity index (χ2v) is 14.4. The number of ether oxygens (including phenoxy) is 1. The number of hydrogen-bond acceptors (Lipinski definition) is 8. The number of hydroxylamine groups is 2. The van der Waals surface area contributed by atoms with Crippen molar-refractivity contribution in [1.82, 2.24) is 10.4 Å². The molecule has 1 aliphatic rings. The number of amides is 2. The molecule has 0 aliphatic carbocycles. The Morgan fingerprint density at radius 2 is 1.24 bits per heavy atom. The van der Waals surface area contributed by atoms with E-state index in [1.807, 2.05) is 43.3 Å². The highest BCUT2D eigenvalue weighted by Gasteiger charge is 2.36. The van der Waals surface area contributed by atoms with Crippen molar-refractivity contribution in [3.8, 4) is 0 Å². The van der Waals surface area contributed by atoms with Crippen molar-refractivity contribution >= 4 is 27.8 Å². The molecule has 256 valence electrons. The zero-order chi connectivity index (χ0) is 34.9. The molecule has 4 aromatic carbocycles. The molecule has 1 atom stereocenters. The Morgan fingerprint density at radius 1 is 0.735 bits per heavy atom. The minimum Gasteiger partial charge on any atom is -0.428 e. The number of carbonyl (C=O) groups excluding carboxylic acids is 3. The first kappa shape index (κ1) is 35.5. The van der Waals surface area contributed by atoms with Crippen molar-refractivity contribution in [3.05, 3.63) is 137 Å². The van der Waals surface area contributed by atoms with Crippen LogP contribution >= 0.6 is 0 Å². The molecule has 9 nitrogen and oxygen atoms in total. The number of rotatable bonds is 15. The number of sulfone groups is 1. The molecule has 2 amide bonds. The maximum Gasteiger partial charge on any atom is 0.534 e. The number of aryl methyl sites for hydroxylation is 2. The third kappa shape index (κ3) is 8.82. The molecular weight excluding hydrogens is 641 g/mol. The van der Waals surface area contributed by atoms with Gasteiger partial charge >= 0.3 is 6.16 Å². The number of carbonyl (C=O) groups is 3. The van der Waals surface area contributed by atoms with Gasteiger partial charge in [-0.25, -0.2) is 13.2 Å². The fourth-order valence-corrected chi connectivity index (χ4v) is 7.56. The van der Waals surface area contributed by atoms with Crippen LogP contribution in [0.15, 0.2) is 114 Å². The molecule has 0 radical (unpaired) electrons. The molecule has 1 fully saturated rings. The number of unbranched alkanes of at least 4 members (excludes halogenated alkanes) is 2. The molecule has 0 aromatic heterocycles. The Bertz CT molecular complexity index is 1770. The second kappa shape index (κ2) is 16.1. The SMILES string of the molecule is Cc1ccc(C(NCCCCCC(CS(=O)(=O)c2ccc(C)cc2)OC(=O)ON2C(=O)CCC2=O)(c2ccccc2)c2ccccc2)cc1. The van der Waals surface area contributed by atoms with E-state index in [2.05, 4.69) is 60.8 Å². The lowest BCUT2D eigenvalue weighted by molar-refractivity contribution is -0.178. The van der Waals surface area contributed by atoms with Crippen molar-refractivity contribution in [2.45, 2.75) is 68.9 Å². The van der Waals surface area contributed by atoms with E-state index < -0.39 is 45.2 Å². The summed E-state index contributed by atoms with van der Waals surface area (Å²) in [6, 6.07) is 35.6. The molecule has 0 bridgehead atoms. The molecule has 49 heavy (non-hydrogen) atoms. The van der Waals surface area contributed by atoms with Gasteiger partial charge in [-0.2, -0.15) is 0 Å². The van der Waals surface area contributed by atoms with Crippen LogP contribution in [0.4, 0.5) is 4.79 Å². The Morgan fingerprint density at radius 3 is 1.80 bits per heavy atom. The summed E-state index contributed by atoms with van der Waals surface area (Å²) in [5, 5.41) is 4.25. The van der Waals surface area contributed by atoms with Crippen LogP contribution in [0.5, 0.6) is 0 Å². The number of hydrogen-bond donors (Lipinski definition) is 1. The first-order valence-corrected chi connectivity index (χ1v) is 18.2. The highest BCUT2D eigenvalue weighted by molar-refractivity contribution is 7.91. The van der Waals surface area contributed by atoms with Crippen LogP contribution in [0.25, 0.3) is 0 Å². The predicted molar refractivity (Wildman–Crippen MR) is 186 cm³/mol. The fourth-order valence-electron chi connectivity index (χ4n) is 6.09. The Labute approximate surface area is 288 Å². The van der Waals surface area contributed by atoms with Gasteiger partial charge in [0.2, 0.25) is 0 Å². The van der Waals surface area contributed by atoms with Gasteiger partial charge in [0.1, 0.15) is 6.10 Å². The Balaban J connectivity index is 1.27. The predicted octanol–water partition coefficient (Wildman–Crippen LogP) is 6.81. The summed E-state index contributed by atoms with van der Waals surface area (Å²) in [5.41, 5.74) is 4.79. The summed E-state index contributed by atoms with van der Waals surface area (Å²) in [6.07, 6.45) is -0.213. The summed E-state index contributed by atoms with van der Waals surface area (Å²) < 4.78 is 32.0. The number of benzene rings is 4. The lowest BCUT2D eigenvalue weighted by atomic mass is 9.76. The topological polar surface area (TPSA) is 119 Å². The third-order valence-electron chi connectivity index (χ3n) is 8.71. The van der Waals surface area contributed by atoms with Crippen LogP contribution in [-0.4, -0.2) is 49.9 Å². The van der Waals surface area contributed by atoms with E-state index in [9.17, 15) is 22.8 Å². The molecule has 1 heterocycles. The van der Waals surface area contributed by atoms with Crippen molar-refractivity contribution < 1.29 is 32.4 Å². The van der Waals surface area contributed by atoms with E-state index in [1.54, 1.807) is 12.1 Å². The monoisotopic (exact) mass is 682 g/mol. The standard InChI is InChI=1S/C39H42N2O7S/c1-29-17-21-33(22-18-29)39(31-12-6-3-7-13-31,32-14-8-4-9-15-32)40-27-11-5-10-16-34(28-49(45,46)35-23-19-30(2)20-24-35)47-38(44)48-41-36(42)25-26-37(41)43/h3-4,6-9,12-15,17-24,34,40H,5,10-11,16,25-28H2,1-2H3. The molecule has 1 unspecified atom stereocenters. The zero-order valence-electron chi connectivity index (χ0n) is 27.8. The van der Waals surface area contributed by atoms with Gasteiger partial charge in [-0.15, -0.1) is 0 Å². The van der Waals surface area contributed by atoms with Gasteiger partial charge in [0.25, 0.3) is 11.8 Å². The summed E-state index contributed by atoms with van der Waals surface area (Å²) >= 11 is 0. The zero-order valence-corrected chi connectivity index (χ0v) is 28.7. The molecule has 10 heteroatoms. The molecule has 0 saturated carbocycles. The number of nitrogens with zero attached hydrogens (tertiary/aromatic N) is 1. The van der Waals surface area contributed by atoms with Crippen molar-refractivity contribution in [1.29, 1.82) is 0 Å². The summed E-state index contributed by atoms with van der Waals surface area (Å²) in [7, 11) is -3.83. The molecule has 1 saturated heterocycles. The minimum absolute atomic E-state index is 0.0644. The van der Waals surface area contributed by atoms with Crippen LogP contribution in [0.1, 0.15) is 66.3 Å². The van der Waals surface area contributed by atoms with E-state index in [1.165, 1.54) is 17.7 Å². The molecule has 5 rings (SSSR count). The number of imide groups is 1. The maximum absolute atomic E-state index is 13.3. The average molecular weight is 683 g/mol. The average Bonchev–Trinajstić information content (AvgIpc) is 3.41. The van der Waals surface area contributed by atoms with E-state index in [-0.39, 0.29) is 24.2 Å². The quantitative estimate of drug-likeness (QED) is 0.0629. The Hall–Kier alpha value is -4.80. The highest BCUT2D eigenvalue weighted by atomic mass is 32.2. The van der Waals surface area contributed by atoms with Gasteiger partial charge in [-0.1, -0.05) is 120 Å². The summed E-state index contributed by atoms with van der Waals surface area (Å²) in [4.78, 5) is 41.5. The van der Waals surface area contributed by atoms with Crippen LogP contribution < -0.4 is 5.32 Å². The molecule has 4 aromatic rings. The smallest absolute Gasteiger partial charge is 0.428 e. The van der Waals surface area contributed by atoms with E-state index in [0.29, 0.717) is 24.4 Å². The first-order valence-electron chi connectivity index (χ1n) is 16.6. The third-order valence-corrected chi connectivity index (χ3v) is 10.5. The molecule has 1 N–H and O–H groups in total. The van der Waals surface area contributed by atoms with Gasteiger partial charge in [-0.3, -0.25) is 19.7 Å². The largest absolute Gasteiger partial charge is 0.534 e. The van der Waals surface area contributed by atoms with Gasteiger partial charge in [0.15, 0.2) is 9.84 Å². The normalized spacial score (nSPS) is 14.1. The van der Waals surface area contributed by atoms with Gasteiger partial charge in [-0.05, 0) is 68.5 Å². The van der Waals surface area contributed by atoms with Gasteiger partial charge in [0.05, 0.1) is 16.2 Å². The van der Waals surface area contributed by atoms with Crippen molar-refractivity contribution in [3.63, 3.8) is 0 Å². The Kier molecular flexibility index (Phi) is 11.6. The fraction of sp³-hybridized carbons (Fsp3) is 0.308. The van der Waals surface area contributed by atoms with Crippen molar-refractivity contribution in [2.24, 2.45) is 0 Å². The number of nitrogens with one attached hydrogen (secondary N) is 1. The van der Waals surface area contributed by atoms with Gasteiger partial charge < -0.3 is 4.74 Å². The summed E-state index contributed by atoms with van der Waals surface area (Å²) in [5.74, 6) is -1.76. The van der Waals surface area contributed by atoms with Crippen LogP contribution in [0.2, 0.25) is 0 Å². The maximum atomic E-state index is 13.3.